The molecule has 3 aliphatic rings. The number of amides is 1. The first-order valence-corrected chi connectivity index (χ1v) is 14.2. The van der Waals surface area contributed by atoms with Crippen molar-refractivity contribution in [3.8, 4) is 0 Å². The SMILES string of the molecule is CCCc1ccc(C(=O)C2C(C(=O)c3ccccc3)N3C=Cc4ccccc4C3C23C(=O)Nc2ccccc23)cc1. The van der Waals surface area contributed by atoms with Gasteiger partial charge in [-0.05, 0) is 40.8 Å². The third-order valence-corrected chi connectivity index (χ3v) is 8.96. The van der Waals surface area contributed by atoms with Crippen LogP contribution in [0.25, 0.3) is 6.08 Å². The first kappa shape index (κ1) is 25.2. The third kappa shape index (κ3) is 3.65. The van der Waals surface area contributed by atoms with Crippen LogP contribution in [0, 0.1) is 5.92 Å². The number of carbonyl (C=O) groups excluding carboxylic acids is 3. The van der Waals surface area contributed by atoms with Crippen LogP contribution < -0.4 is 5.32 Å². The second-order valence-corrected chi connectivity index (χ2v) is 11.1. The van der Waals surface area contributed by atoms with Crippen LogP contribution in [-0.2, 0) is 16.6 Å². The third-order valence-electron chi connectivity index (χ3n) is 8.96. The number of Topliss-reactive ketones (excluding diaryl/α,β-unsaturated/α-hetero) is 2. The van der Waals surface area contributed by atoms with Gasteiger partial charge in [-0.2, -0.15) is 0 Å². The van der Waals surface area contributed by atoms with Gasteiger partial charge in [0.05, 0.1) is 12.0 Å². The first-order chi connectivity index (χ1) is 20.1. The van der Waals surface area contributed by atoms with Gasteiger partial charge >= 0.3 is 0 Å². The van der Waals surface area contributed by atoms with Gasteiger partial charge in [-0.15, -0.1) is 0 Å². The monoisotopic (exact) mass is 538 g/mol. The number of hydrogen-bond donors (Lipinski definition) is 1. The van der Waals surface area contributed by atoms with Crippen LogP contribution in [0.3, 0.4) is 0 Å². The minimum Gasteiger partial charge on any atom is -0.358 e. The average molecular weight is 539 g/mol. The largest absolute Gasteiger partial charge is 0.358 e. The number of anilines is 1. The van der Waals surface area contributed by atoms with E-state index in [9.17, 15) is 14.4 Å². The lowest BCUT2D eigenvalue weighted by atomic mass is 9.62. The van der Waals surface area contributed by atoms with Gasteiger partial charge in [0.2, 0.25) is 5.91 Å². The van der Waals surface area contributed by atoms with Crippen molar-refractivity contribution in [1.82, 2.24) is 4.90 Å². The summed E-state index contributed by atoms with van der Waals surface area (Å²) < 4.78 is 0. The summed E-state index contributed by atoms with van der Waals surface area (Å²) in [6.45, 7) is 2.12. The van der Waals surface area contributed by atoms with Crippen LogP contribution in [0.4, 0.5) is 5.69 Å². The molecule has 1 saturated heterocycles. The minimum absolute atomic E-state index is 0.172. The molecule has 0 aliphatic carbocycles. The number of fused-ring (bicyclic) bond motifs is 6. The number of aryl methyl sites for hydroxylation is 1. The van der Waals surface area contributed by atoms with Crippen molar-refractivity contribution in [1.29, 1.82) is 0 Å². The molecule has 1 N–H and O–H groups in total. The molecule has 3 aliphatic heterocycles. The smallest absolute Gasteiger partial charge is 0.238 e. The Labute approximate surface area is 239 Å². The van der Waals surface area contributed by atoms with Crippen molar-refractivity contribution in [2.24, 2.45) is 5.92 Å². The standard InChI is InChI=1S/C36H30N2O3/c1-2-10-23-17-19-26(20-18-23)32(39)30-31(33(40)25-12-4-3-5-13-25)38-22-21-24-11-6-7-14-27(24)34(38)36(30)28-15-8-9-16-29(28)37-35(36)41/h3-9,11-22,30-31,34H,2,10H2,1H3,(H,37,41). The molecule has 1 spiro atoms. The van der Waals surface area contributed by atoms with Crippen LogP contribution in [0.1, 0.15) is 62.4 Å². The fourth-order valence-corrected chi connectivity index (χ4v) is 7.24. The molecule has 1 fully saturated rings. The molecule has 1 amide bonds. The number of hydrogen-bond acceptors (Lipinski definition) is 4. The van der Waals surface area contributed by atoms with Gasteiger partial charge in [0.1, 0.15) is 11.5 Å². The van der Waals surface area contributed by atoms with Crippen molar-refractivity contribution >= 4 is 29.2 Å². The van der Waals surface area contributed by atoms with Crippen molar-refractivity contribution in [3.05, 3.63) is 143 Å². The van der Waals surface area contributed by atoms with E-state index >= 15 is 0 Å². The zero-order chi connectivity index (χ0) is 28.1. The highest BCUT2D eigenvalue weighted by Crippen LogP contribution is 2.62. The predicted molar refractivity (Wildman–Crippen MR) is 160 cm³/mol. The molecule has 0 aromatic heterocycles. The minimum atomic E-state index is -1.31. The number of rotatable bonds is 6. The highest BCUT2D eigenvalue weighted by atomic mass is 16.2. The summed E-state index contributed by atoms with van der Waals surface area (Å²) in [5.74, 6) is -1.58. The maximum absolute atomic E-state index is 14.9. The molecule has 3 heterocycles. The highest BCUT2D eigenvalue weighted by molar-refractivity contribution is 6.16. The van der Waals surface area contributed by atoms with Gasteiger partial charge < -0.3 is 10.2 Å². The Morgan fingerprint density at radius 3 is 2.27 bits per heavy atom. The fraction of sp³-hybridized carbons (Fsp3) is 0.194. The maximum atomic E-state index is 14.9. The molecular weight excluding hydrogens is 508 g/mol. The Morgan fingerprint density at radius 2 is 1.49 bits per heavy atom. The second-order valence-electron chi connectivity index (χ2n) is 11.1. The van der Waals surface area contributed by atoms with Gasteiger partial charge in [0.25, 0.3) is 0 Å². The molecular formula is C36H30N2O3. The fourth-order valence-electron chi connectivity index (χ4n) is 7.24. The van der Waals surface area contributed by atoms with Crippen molar-refractivity contribution < 1.29 is 14.4 Å². The Bertz CT molecular complexity index is 1710. The lowest BCUT2D eigenvalue weighted by Crippen LogP contribution is -2.49. The van der Waals surface area contributed by atoms with E-state index in [2.05, 4.69) is 12.2 Å². The molecule has 5 nitrogen and oxygen atoms in total. The molecule has 7 rings (SSSR count). The lowest BCUT2D eigenvalue weighted by Gasteiger charge is -2.38. The summed E-state index contributed by atoms with van der Waals surface area (Å²) in [7, 11) is 0. The van der Waals surface area contributed by atoms with Crippen LogP contribution >= 0.6 is 0 Å². The van der Waals surface area contributed by atoms with Crippen molar-refractivity contribution in [3.63, 3.8) is 0 Å². The number of ketones is 2. The molecule has 4 aromatic carbocycles. The van der Waals surface area contributed by atoms with E-state index in [-0.39, 0.29) is 17.5 Å². The Morgan fingerprint density at radius 1 is 0.805 bits per heavy atom. The van der Waals surface area contributed by atoms with Crippen molar-refractivity contribution in [2.75, 3.05) is 5.32 Å². The van der Waals surface area contributed by atoms with E-state index in [0.29, 0.717) is 16.8 Å². The molecule has 5 heteroatoms. The van der Waals surface area contributed by atoms with Gasteiger partial charge in [-0.3, -0.25) is 14.4 Å². The topological polar surface area (TPSA) is 66.5 Å². The highest BCUT2D eigenvalue weighted by Gasteiger charge is 2.70. The Balaban J connectivity index is 1.50. The van der Waals surface area contributed by atoms with E-state index in [1.165, 1.54) is 0 Å². The molecule has 0 radical (unpaired) electrons. The number of nitrogens with one attached hydrogen (secondary N) is 1. The van der Waals surface area contributed by atoms with Gasteiger partial charge in [0, 0.05) is 23.0 Å². The van der Waals surface area contributed by atoms with Crippen LogP contribution in [-0.4, -0.2) is 28.4 Å². The lowest BCUT2D eigenvalue weighted by molar-refractivity contribution is -0.122. The van der Waals surface area contributed by atoms with E-state index < -0.39 is 23.4 Å². The predicted octanol–water partition coefficient (Wildman–Crippen LogP) is 6.62. The second kappa shape index (κ2) is 9.70. The summed E-state index contributed by atoms with van der Waals surface area (Å²) in [6.07, 6.45) is 5.82. The number of carbonyl (C=O) groups is 3. The molecule has 41 heavy (non-hydrogen) atoms. The van der Waals surface area contributed by atoms with Gasteiger partial charge in [-0.1, -0.05) is 110 Å². The Kier molecular flexibility index (Phi) is 5.97. The number of para-hydroxylation sites is 1. The summed E-state index contributed by atoms with van der Waals surface area (Å²) in [4.78, 5) is 45.8. The zero-order valence-electron chi connectivity index (χ0n) is 22.8. The summed E-state index contributed by atoms with van der Waals surface area (Å²) in [5, 5.41) is 3.10. The summed E-state index contributed by atoms with van der Waals surface area (Å²) in [6, 6.07) is 30.9. The normalized spacial score (nSPS) is 23.6. The molecule has 4 unspecified atom stereocenters. The summed E-state index contributed by atoms with van der Waals surface area (Å²) in [5.41, 5.74) is 4.22. The molecule has 4 aromatic rings. The molecule has 0 bridgehead atoms. The van der Waals surface area contributed by atoms with Gasteiger partial charge in [-0.25, -0.2) is 0 Å². The molecule has 4 atom stereocenters. The van der Waals surface area contributed by atoms with Gasteiger partial charge in [0.15, 0.2) is 11.6 Å². The number of benzene rings is 4. The van der Waals surface area contributed by atoms with E-state index in [0.717, 1.165) is 35.1 Å². The van der Waals surface area contributed by atoms with Crippen LogP contribution in [0.15, 0.2) is 109 Å². The average Bonchev–Trinajstić information content (AvgIpc) is 3.49. The number of nitrogens with zero attached hydrogens (tertiary/aromatic N) is 1. The van der Waals surface area contributed by atoms with Crippen molar-refractivity contribution in [2.45, 2.75) is 37.3 Å². The Hall–Kier alpha value is -4.77. The molecule has 0 saturated carbocycles. The molecule has 202 valence electrons. The quantitative estimate of drug-likeness (QED) is 0.280. The van der Waals surface area contributed by atoms with E-state index in [4.69, 9.17) is 0 Å². The van der Waals surface area contributed by atoms with Crippen LogP contribution in [0.2, 0.25) is 0 Å². The van der Waals surface area contributed by atoms with E-state index in [1.807, 2.05) is 108 Å². The summed E-state index contributed by atoms with van der Waals surface area (Å²) >= 11 is 0. The zero-order valence-corrected chi connectivity index (χ0v) is 22.8. The van der Waals surface area contributed by atoms with Crippen LogP contribution in [0.5, 0.6) is 0 Å². The first-order valence-electron chi connectivity index (χ1n) is 14.2. The maximum Gasteiger partial charge on any atom is 0.238 e. The van der Waals surface area contributed by atoms with E-state index in [1.54, 1.807) is 12.1 Å².